The molecule has 1 aliphatic heterocycles. The van der Waals surface area contributed by atoms with Crippen molar-refractivity contribution in [2.24, 2.45) is 23.7 Å². The van der Waals surface area contributed by atoms with Crippen LogP contribution in [0, 0.1) is 23.7 Å². The molecule has 21 heavy (non-hydrogen) atoms. The van der Waals surface area contributed by atoms with Gasteiger partial charge in [0.1, 0.15) is 5.78 Å². The van der Waals surface area contributed by atoms with E-state index >= 15 is 0 Å². The van der Waals surface area contributed by atoms with E-state index < -0.39 is 0 Å². The van der Waals surface area contributed by atoms with Crippen molar-refractivity contribution in [3.05, 3.63) is 0 Å². The van der Waals surface area contributed by atoms with E-state index in [-0.39, 0.29) is 0 Å². The van der Waals surface area contributed by atoms with Gasteiger partial charge in [0.25, 0.3) is 0 Å². The van der Waals surface area contributed by atoms with Crippen molar-refractivity contribution in [3.63, 3.8) is 0 Å². The van der Waals surface area contributed by atoms with Crippen LogP contribution in [-0.4, -0.2) is 30.3 Å². The Morgan fingerprint density at radius 2 is 1.52 bits per heavy atom. The second-order valence-electron chi connectivity index (χ2n) is 7.21. The molecule has 2 heteroatoms. The highest BCUT2D eigenvalue weighted by atomic mass is 16.1. The Kier molecular flexibility index (Phi) is 8.55. The van der Waals surface area contributed by atoms with Crippen molar-refractivity contribution in [2.75, 3.05) is 19.6 Å². The predicted molar refractivity (Wildman–Crippen MR) is 91.5 cm³/mol. The summed E-state index contributed by atoms with van der Waals surface area (Å²) in [5, 5.41) is 0. The van der Waals surface area contributed by atoms with E-state index in [0.717, 1.165) is 43.7 Å². The average molecular weight is 296 g/mol. The Morgan fingerprint density at radius 1 is 1.00 bits per heavy atom. The van der Waals surface area contributed by atoms with Crippen molar-refractivity contribution in [2.45, 2.75) is 73.1 Å². The largest absolute Gasteiger partial charge is 0.303 e. The molecular formula is C19H37NO. The van der Waals surface area contributed by atoms with Gasteiger partial charge in [-0.15, -0.1) is 0 Å². The summed E-state index contributed by atoms with van der Waals surface area (Å²) in [7, 11) is 0. The number of rotatable bonds is 4. The number of carbonyl (C=O) groups excluding carboxylic acids is 1. The molecule has 1 saturated heterocycles. The second kappa shape index (κ2) is 9.61. The summed E-state index contributed by atoms with van der Waals surface area (Å²) in [4.78, 5) is 14.0. The molecule has 1 heterocycles. The third-order valence-electron chi connectivity index (χ3n) is 5.51. The second-order valence-corrected chi connectivity index (χ2v) is 7.21. The van der Waals surface area contributed by atoms with Crippen LogP contribution in [0.1, 0.15) is 73.1 Å². The molecule has 0 atom stereocenters. The molecule has 2 aliphatic rings. The van der Waals surface area contributed by atoms with Gasteiger partial charge in [0.2, 0.25) is 0 Å². The Morgan fingerprint density at radius 3 is 1.95 bits per heavy atom. The molecule has 0 aromatic carbocycles. The van der Waals surface area contributed by atoms with Gasteiger partial charge in [0.05, 0.1) is 0 Å². The van der Waals surface area contributed by atoms with Gasteiger partial charge in [-0.25, -0.2) is 0 Å². The normalized spacial score (nSPS) is 28.1. The number of ketones is 1. The van der Waals surface area contributed by atoms with Crippen LogP contribution in [0.3, 0.4) is 0 Å². The van der Waals surface area contributed by atoms with Crippen LogP contribution in [0.4, 0.5) is 0 Å². The van der Waals surface area contributed by atoms with Gasteiger partial charge >= 0.3 is 0 Å². The standard InChI is InChI=1S/C17H31NO.C2H6/c1-13(2)16-6-4-15(5-7-16)12-18-10-8-17(9-11-18)14(3)19;1-2/h13,15-17H,4-12H2,1-3H3;1-2H3. The number of piperidine rings is 1. The van der Waals surface area contributed by atoms with Crippen molar-refractivity contribution >= 4 is 5.78 Å². The predicted octanol–water partition coefficient (Wildman–Crippen LogP) is 4.78. The lowest BCUT2D eigenvalue weighted by Crippen LogP contribution is -2.39. The summed E-state index contributed by atoms with van der Waals surface area (Å²) in [6.07, 6.45) is 7.91. The topological polar surface area (TPSA) is 20.3 Å². The number of carbonyl (C=O) groups is 1. The maximum Gasteiger partial charge on any atom is 0.133 e. The molecule has 2 fully saturated rings. The minimum Gasteiger partial charge on any atom is -0.303 e. The Labute approximate surface area is 132 Å². The van der Waals surface area contributed by atoms with Crippen molar-refractivity contribution < 1.29 is 4.79 Å². The molecule has 2 nitrogen and oxygen atoms in total. The molecule has 0 aromatic heterocycles. The van der Waals surface area contributed by atoms with Crippen LogP contribution in [-0.2, 0) is 4.79 Å². The minimum absolute atomic E-state index is 0.355. The highest BCUT2D eigenvalue weighted by molar-refractivity contribution is 5.78. The van der Waals surface area contributed by atoms with Gasteiger partial charge in [-0.05, 0) is 76.3 Å². The summed E-state index contributed by atoms with van der Waals surface area (Å²) in [6.45, 7) is 14.1. The molecule has 1 saturated carbocycles. The lowest BCUT2D eigenvalue weighted by atomic mass is 9.76. The fourth-order valence-electron chi connectivity index (χ4n) is 3.92. The zero-order valence-electron chi connectivity index (χ0n) is 15.0. The molecule has 1 aliphatic carbocycles. The van der Waals surface area contributed by atoms with Crippen LogP contribution in [0.2, 0.25) is 0 Å². The number of Topliss-reactive ketones (excluding diaryl/α,β-unsaturated/α-hetero) is 1. The number of nitrogens with zero attached hydrogens (tertiary/aromatic N) is 1. The van der Waals surface area contributed by atoms with Crippen molar-refractivity contribution in [1.82, 2.24) is 4.90 Å². The summed E-state index contributed by atoms with van der Waals surface area (Å²) in [5.41, 5.74) is 0. The van der Waals surface area contributed by atoms with Crippen LogP contribution < -0.4 is 0 Å². The molecule has 2 rings (SSSR count). The minimum atomic E-state index is 0.355. The molecule has 124 valence electrons. The average Bonchev–Trinajstić information content (AvgIpc) is 2.50. The van der Waals surface area contributed by atoms with E-state index in [2.05, 4.69) is 18.7 Å². The third-order valence-corrected chi connectivity index (χ3v) is 5.51. The van der Waals surface area contributed by atoms with Crippen LogP contribution in [0.25, 0.3) is 0 Å². The summed E-state index contributed by atoms with van der Waals surface area (Å²) < 4.78 is 0. The highest BCUT2D eigenvalue weighted by Gasteiger charge is 2.27. The first-order valence-corrected chi connectivity index (χ1v) is 9.29. The van der Waals surface area contributed by atoms with Gasteiger partial charge < -0.3 is 4.90 Å². The lowest BCUT2D eigenvalue weighted by molar-refractivity contribution is -0.122. The van der Waals surface area contributed by atoms with Gasteiger partial charge in [-0.2, -0.15) is 0 Å². The molecule has 0 radical (unpaired) electrons. The number of hydrogen-bond donors (Lipinski definition) is 0. The Balaban J connectivity index is 0.00000106. The molecule has 0 spiro atoms. The Hall–Kier alpha value is -0.370. The van der Waals surface area contributed by atoms with E-state index in [1.54, 1.807) is 6.92 Å². The maximum atomic E-state index is 11.4. The van der Waals surface area contributed by atoms with Gasteiger partial charge in [-0.3, -0.25) is 4.79 Å². The highest BCUT2D eigenvalue weighted by Crippen LogP contribution is 2.34. The van der Waals surface area contributed by atoms with Gasteiger partial charge in [0.15, 0.2) is 0 Å². The fourth-order valence-corrected chi connectivity index (χ4v) is 3.92. The smallest absolute Gasteiger partial charge is 0.133 e. The lowest BCUT2D eigenvalue weighted by Gasteiger charge is -2.36. The zero-order valence-corrected chi connectivity index (χ0v) is 15.0. The molecule has 0 aromatic rings. The number of hydrogen-bond acceptors (Lipinski definition) is 2. The van der Waals surface area contributed by atoms with Crippen LogP contribution >= 0.6 is 0 Å². The van der Waals surface area contributed by atoms with E-state index in [4.69, 9.17) is 0 Å². The summed E-state index contributed by atoms with van der Waals surface area (Å²) in [5.74, 6) is 3.51. The molecule has 0 unspecified atom stereocenters. The van der Waals surface area contributed by atoms with Crippen molar-refractivity contribution in [3.8, 4) is 0 Å². The summed E-state index contributed by atoms with van der Waals surface area (Å²) >= 11 is 0. The molecule has 0 amide bonds. The third kappa shape index (κ3) is 6.10. The first-order chi connectivity index (χ1) is 10.1. The monoisotopic (exact) mass is 295 g/mol. The molecule has 0 N–H and O–H groups in total. The van der Waals surface area contributed by atoms with Crippen molar-refractivity contribution in [1.29, 1.82) is 0 Å². The molecular weight excluding hydrogens is 258 g/mol. The van der Waals surface area contributed by atoms with E-state index in [1.807, 2.05) is 13.8 Å². The fraction of sp³-hybridized carbons (Fsp3) is 0.947. The molecule has 0 bridgehead atoms. The van der Waals surface area contributed by atoms with Crippen LogP contribution in [0.5, 0.6) is 0 Å². The van der Waals surface area contributed by atoms with Gasteiger partial charge in [-0.1, -0.05) is 27.7 Å². The first kappa shape index (κ1) is 18.7. The van der Waals surface area contributed by atoms with E-state index in [9.17, 15) is 4.79 Å². The summed E-state index contributed by atoms with van der Waals surface area (Å²) in [6, 6.07) is 0. The quantitative estimate of drug-likeness (QED) is 0.744. The number of likely N-dealkylation sites (tertiary alicyclic amines) is 1. The Bertz CT molecular complexity index is 284. The maximum absolute atomic E-state index is 11.4. The van der Waals surface area contributed by atoms with Gasteiger partial charge in [0, 0.05) is 12.5 Å². The zero-order chi connectivity index (χ0) is 15.8. The van der Waals surface area contributed by atoms with E-state index in [1.165, 1.54) is 32.2 Å². The van der Waals surface area contributed by atoms with E-state index in [0.29, 0.717) is 11.7 Å². The van der Waals surface area contributed by atoms with Crippen LogP contribution in [0.15, 0.2) is 0 Å². The first-order valence-electron chi connectivity index (χ1n) is 9.29. The SMILES string of the molecule is CC.CC(=O)C1CCN(CC2CCC(C(C)C)CC2)CC1.